The average Bonchev–Trinajstić information content (AvgIpc) is 3.04. The smallest absolute Gasteiger partial charge is 0.249 e. The molecule has 3 fully saturated rings. The summed E-state index contributed by atoms with van der Waals surface area (Å²) in [6.45, 7) is 3.83. The Labute approximate surface area is 131 Å². The van der Waals surface area contributed by atoms with Gasteiger partial charge in [-0.25, -0.2) is 0 Å². The molecule has 22 heavy (non-hydrogen) atoms. The van der Waals surface area contributed by atoms with Crippen molar-refractivity contribution in [2.24, 2.45) is 11.8 Å². The lowest BCUT2D eigenvalue weighted by molar-refractivity contribution is -0.133. The summed E-state index contributed by atoms with van der Waals surface area (Å²) in [6, 6.07) is 3.70. The molecule has 0 unspecified atom stereocenters. The third-order valence-corrected chi connectivity index (χ3v) is 5.16. The highest BCUT2D eigenvalue weighted by atomic mass is 16.5. The number of rotatable bonds is 5. The first-order valence-electron chi connectivity index (χ1n) is 8.46. The summed E-state index contributed by atoms with van der Waals surface area (Å²) in [5.41, 5.74) is 0. The van der Waals surface area contributed by atoms with Crippen LogP contribution in [0.15, 0.2) is 22.8 Å². The molecule has 3 atom stereocenters. The van der Waals surface area contributed by atoms with E-state index in [9.17, 15) is 4.79 Å². The van der Waals surface area contributed by atoms with E-state index in [1.807, 2.05) is 12.1 Å². The van der Waals surface area contributed by atoms with Crippen LogP contribution < -0.4 is 5.32 Å². The number of furan rings is 1. The van der Waals surface area contributed by atoms with Crippen LogP contribution in [0.1, 0.15) is 31.4 Å². The number of nitrogens with one attached hydrogen (secondary N) is 1. The third-order valence-electron chi connectivity index (χ3n) is 5.16. The Bertz CT molecular complexity index is 512. The Kier molecular flexibility index (Phi) is 3.92. The van der Waals surface area contributed by atoms with E-state index in [2.05, 4.69) is 10.2 Å². The van der Waals surface area contributed by atoms with Crippen molar-refractivity contribution in [2.45, 2.75) is 44.4 Å². The Morgan fingerprint density at radius 3 is 3.05 bits per heavy atom. The lowest BCUT2D eigenvalue weighted by Crippen LogP contribution is -2.43. The van der Waals surface area contributed by atoms with E-state index in [-0.39, 0.29) is 18.1 Å². The first-order chi connectivity index (χ1) is 10.8. The number of hydrogen-bond donors (Lipinski definition) is 1. The van der Waals surface area contributed by atoms with Gasteiger partial charge in [-0.3, -0.25) is 4.79 Å². The summed E-state index contributed by atoms with van der Waals surface area (Å²) in [6.07, 6.45) is 6.40. The molecule has 3 aliphatic rings. The fourth-order valence-corrected chi connectivity index (χ4v) is 3.70. The summed E-state index contributed by atoms with van der Waals surface area (Å²) < 4.78 is 11.3. The molecule has 5 nitrogen and oxygen atoms in total. The number of carbonyl (C=O) groups excluding carboxylic acids is 1. The van der Waals surface area contributed by atoms with Crippen molar-refractivity contribution in [3.8, 4) is 0 Å². The monoisotopic (exact) mass is 304 g/mol. The average molecular weight is 304 g/mol. The minimum atomic E-state index is -0.286. The number of likely N-dealkylation sites (tertiary alicyclic amines) is 1. The molecular weight excluding hydrogens is 280 g/mol. The van der Waals surface area contributed by atoms with Crippen molar-refractivity contribution in [1.29, 1.82) is 0 Å². The van der Waals surface area contributed by atoms with Crippen LogP contribution in [-0.2, 0) is 16.1 Å². The summed E-state index contributed by atoms with van der Waals surface area (Å²) in [7, 11) is 0. The molecule has 1 aromatic heterocycles. The molecule has 0 aromatic carbocycles. The number of ether oxygens (including phenoxy) is 1. The first kappa shape index (κ1) is 14.3. The second kappa shape index (κ2) is 6.05. The van der Waals surface area contributed by atoms with Crippen LogP contribution in [0.25, 0.3) is 0 Å². The van der Waals surface area contributed by atoms with Crippen molar-refractivity contribution < 1.29 is 13.9 Å². The Balaban J connectivity index is 1.27. The van der Waals surface area contributed by atoms with E-state index in [4.69, 9.17) is 9.15 Å². The summed E-state index contributed by atoms with van der Waals surface area (Å²) in [4.78, 5) is 14.8. The van der Waals surface area contributed by atoms with Crippen molar-refractivity contribution in [1.82, 2.24) is 10.2 Å². The van der Waals surface area contributed by atoms with Crippen LogP contribution in [0, 0.1) is 11.8 Å². The molecule has 2 aliphatic heterocycles. The van der Waals surface area contributed by atoms with Gasteiger partial charge in [0.25, 0.3) is 0 Å². The number of nitrogens with zero attached hydrogens (tertiary/aromatic N) is 1. The molecular formula is C17H24N2O3. The molecule has 5 heteroatoms. The molecule has 120 valence electrons. The van der Waals surface area contributed by atoms with E-state index >= 15 is 0 Å². The maximum atomic E-state index is 12.3. The Morgan fingerprint density at radius 2 is 2.27 bits per heavy atom. The number of amides is 1. The number of piperidine rings is 1. The van der Waals surface area contributed by atoms with Crippen molar-refractivity contribution >= 4 is 5.91 Å². The SMILES string of the molecule is O=C(NCc1ccco1)[C@H]1C[C@@H]2CCN(CC3CC3)C[C@@H]2O1. The zero-order valence-corrected chi connectivity index (χ0v) is 12.9. The number of carbonyl (C=O) groups is 1. The lowest BCUT2D eigenvalue weighted by atomic mass is 9.91. The van der Waals surface area contributed by atoms with E-state index in [0.29, 0.717) is 12.5 Å². The predicted octanol–water partition coefficient (Wildman–Crippen LogP) is 1.79. The van der Waals surface area contributed by atoms with Crippen molar-refractivity contribution in [3.63, 3.8) is 0 Å². The predicted molar refractivity (Wildman–Crippen MR) is 81.1 cm³/mol. The summed E-state index contributed by atoms with van der Waals surface area (Å²) in [5, 5.41) is 2.92. The maximum Gasteiger partial charge on any atom is 0.249 e. The normalized spacial score (nSPS) is 31.9. The number of fused-ring (bicyclic) bond motifs is 1. The molecule has 3 heterocycles. The van der Waals surface area contributed by atoms with Crippen LogP contribution in [0.3, 0.4) is 0 Å². The fraction of sp³-hybridized carbons (Fsp3) is 0.706. The summed E-state index contributed by atoms with van der Waals surface area (Å²) >= 11 is 0. The van der Waals surface area contributed by atoms with E-state index in [0.717, 1.165) is 24.6 Å². The molecule has 2 saturated heterocycles. The standard InChI is InChI=1S/C17H24N2O3/c20-17(18-9-14-2-1-7-21-14)15-8-13-5-6-19(10-12-3-4-12)11-16(13)22-15/h1-2,7,12-13,15-16H,3-6,8-11H2,(H,18,20)/t13-,15+,16-/m0/s1. The molecule has 1 aromatic rings. The van der Waals surface area contributed by atoms with Gasteiger partial charge in [-0.2, -0.15) is 0 Å². The third kappa shape index (κ3) is 3.20. The van der Waals surface area contributed by atoms with Crippen LogP contribution in [0.5, 0.6) is 0 Å². The van der Waals surface area contributed by atoms with Gasteiger partial charge in [0, 0.05) is 13.1 Å². The van der Waals surface area contributed by atoms with Gasteiger partial charge < -0.3 is 19.4 Å². The number of hydrogen-bond acceptors (Lipinski definition) is 4. The van der Waals surface area contributed by atoms with Gasteiger partial charge in [0.05, 0.1) is 18.9 Å². The molecule has 0 bridgehead atoms. The van der Waals surface area contributed by atoms with E-state index in [1.54, 1.807) is 6.26 Å². The maximum absolute atomic E-state index is 12.3. The lowest BCUT2D eigenvalue weighted by Gasteiger charge is -2.34. The Hall–Kier alpha value is -1.33. The van der Waals surface area contributed by atoms with Gasteiger partial charge in [0.1, 0.15) is 11.9 Å². The zero-order chi connectivity index (χ0) is 14.9. The first-order valence-corrected chi connectivity index (χ1v) is 8.46. The molecule has 1 amide bonds. The molecule has 1 aliphatic carbocycles. The minimum Gasteiger partial charge on any atom is -0.467 e. The van der Waals surface area contributed by atoms with Gasteiger partial charge in [-0.1, -0.05) is 0 Å². The second-order valence-corrected chi connectivity index (χ2v) is 6.95. The minimum absolute atomic E-state index is 0.000423. The van der Waals surface area contributed by atoms with Crippen LogP contribution >= 0.6 is 0 Å². The molecule has 4 rings (SSSR count). The van der Waals surface area contributed by atoms with Gasteiger partial charge >= 0.3 is 0 Å². The van der Waals surface area contributed by atoms with Gasteiger partial charge in [0.15, 0.2) is 0 Å². The summed E-state index contributed by atoms with van der Waals surface area (Å²) in [5.74, 6) is 2.25. The fourth-order valence-electron chi connectivity index (χ4n) is 3.70. The molecule has 0 radical (unpaired) electrons. The Morgan fingerprint density at radius 1 is 1.36 bits per heavy atom. The quantitative estimate of drug-likeness (QED) is 0.901. The van der Waals surface area contributed by atoms with E-state index < -0.39 is 0 Å². The topological polar surface area (TPSA) is 54.7 Å². The van der Waals surface area contributed by atoms with Crippen LogP contribution in [0.4, 0.5) is 0 Å². The van der Waals surface area contributed by atoms with Crippen molar-refractivity contribution in [3.05, 3.63) is 24.2 Å². The zero-order valence-electron chi connectivity index (χ0n) is 12.9. The highest BCUT2D eigenvalue weighted by Crippen LogP contribution is 2.36. The van der Waals surface area contributed by atoms with E-state index in [1.165, 1.54) is 32.4 Å². The second-order valence-electron chi connectivity index (χ2n) is 6.95. The van der Waals surface area contributed by atoms with Gasteiger partial charge in [-0.05, 0) is 56.2 Å². The molecule has 1 saturated carbocycles. The van der Waals surface area contributed by atoms with Crippen LogP contribution in [-0.4, -0.2) is 42.6 Å². The largest absolute Gasteiger partial charge is 0.467 e. The van der Waals surface area contributed by atoms with Gasteiger partial charge in [0.2, 0.25) is 5.91 Å². The van der Waals surface area contributed by atoms with Crippen molar-refractivity contribution in [2.75, 3.05) is 19.6 Å². The highest BCUT2D eigenvalue weighted by molar-refractivity contribution is 5.81. The molecule has 0 spiro atoms. The molecule has 1 N–H and O–H groups in total. The van der Waals surface area contributed by atoms with Crippen LogP contribution in [0.2, 0.25) is 0 Å². The van der Waals surface area contributed by atoms with Gasteiger partial charge in [-0.15, -0.1) is 0 Å². The highest BCUT2D eigenvalue weighted by Gasteiger charge is 2.42.